The molecule has 168 valence electrons. The molecule has 1 saturated carbocycles. The van der Waals surface area contributed by atoms with E-state index in [2.05, 4.69) is 5.32 Å². The van der Waals surface area contributed by atoms with E-state index in [1.165, 1.54) is 4.90 Å². The van der Waals surface area contributed by atoms with Crippen molar-refractivity contribution >= 4 is 17.8 Å². The molecule has 1 aromatic heterocycles. The Morgan fingerprint density at radius 1 is 1.19 bits per heavy atom. The molecule has 3 N–H and O–H groups in total. The van der Waals surface area contributed by atoms with Gasteiger partial charge in [0.15, 0.2) is 0 Å². The molecule has 31 heavy (non-hydrogen) atoms. The number of urea groups is 1. The maximum atomic E-state index is 13.6. The average molecular weight is 437 g/mol. The van der Waals surface area contributed by atoms with Crippen LogP contribution < -0.4 is 16.6 Å². The summed E-state index contributed by atoms with van der Waals surface area (Å²) in [4.78, 5) is 64.8. The Hall–Kier alpha value is -3.02. The summed E-state index contributed by atoms with van der Waals surface area (Å²) in [6.07, 6.45) is 2.95. The number of nitrogens with zero attached hydrogens (tertiary/aromatic N) is 3. The second-order valence-corrected chi connectivity index (χ2v) is 8.36. The summed E-state index contributed by atoms with van der Waals surface area (Å²) < 4.78 is 14.4. The van der Waals surface area contributed by atoms with Crippen molar-refractivity contribution in [3.63, 3.8) is 0 Å². The van der Waals surface area contributed by atoms with Crippen LogP contribution in [0.3, 0.4) is 0 Å². The number of likely N-dealkylation sites (tertiary alicyclic amines) is 1. The Morgan fingerprint density at radius 2 is 1.90 bits per heavy atom. The van der Waals surface area contributed by atoms with E-state index in [0.717, 1.165) is 28.5 Å². The zero-order valence-corrected chi connectivity index (χ0v) is 16.8. The Bertz CT molecular complexity index is 1030. The van der Waals surface area contributed by atoms with E-state index in [1.54, 1.807) is 0 Å². The molecule has 3 fully saturated rings. The number of carbonyl (C=O) groups excluding carboxylic acids is 3. The lowest BCUT2D eigenvalue weighted by atomic mass is 9.98. The Labute approximate surface area is 175 Å². The lowest BCUT2D eigenvalue weighted by molar-refractivity contribution is -0.133. The fraction of sp³-hybridized carbons (Fsp3) is 0.632. The Kier molecular flexibility index (Phi) is 5.42. The monoisotopic (exact) mass is 437 g/mol. The van der Waals surface area contributed by atoms with Crippen LogP contribution in [-0.2, 0) is 9.59 Å². The Balaban J connectivity index is 1.33. The molecular weight excluding hydrogens is 413 g/mol. The number of hydrogen-bond donors (Lipinski definition) is 3. The molecule has 2 atom stereocenters. The average Bonchev–Trinajstić information content (AvgIpc) is 3.40. The van der Waals surface area contributed by atoms with Gasteiger partial charge in [-0.1, -0.05) is 12.8 Å². The number of amides is 4. The number of nitrogens with one attached hydrogen (secondary N) is 2. The molecule has 4 amide bonds. The van der Waals surface area contributed by atoms with Gasteiger partial charge in [0.25, 0.3) is 11.5 Å². The van der Waals surface area contributed by atoms with Crippen molar-refractivity contribution in [1.82, 2.24) is 24.7 Å². The number of carbonyl (C=O) groups is 3. The predicted octanol–water partition coefficient (Wildman–Crippen LogP) is -0.935. The maximum Gasteiger partial charge on any atom is 0.328 e. The molecule has 3 heterocycles. The second-order valence-electron chi connectivity index (χ2n) is 8.36. The van der Waals surface area contributed by atoms with Gasteiger partial charge in [0.05, 0.1) is 18.3 Å². The van der Waals surface area contributed by atoms with E-state index >= 15 is 0 Å². The van der Waals surface area contributed by atoms with Gasteiger partial charge in [-0.25, -0.2) is 9.59 Å². The largest absolute Gasteiger partial charge is 0.389 e. The zero-order chi connectivity index (χ0) is 22.3. The third-order valence-electron chi connectivity index (χ3n) is 6.37. The van der Waals surface area contributed by atoms with Gasteiger partial charge in [-0.05, 0) is 19.3 Å². The van der Waals surface area contributed by atoms with Gasteiger partial charge in [0.2, 0.25) is 11.7 Å². The third kappa shape index (κ3) is 3.75. The van der Waals surface area contributed by atoms with Crippen LogP contribution in [0.4, 0.5) is 9.18 Å². The number of aromatic amines is 1. The minimum atomic E-state index is -1.16. The normalized spacial score (nSPS) is 25.0. The van der Waals surface area contributed by atoms with Gasteiger partial charge >= 0.3 is 11.7 Å². The summed E-state index contributed by atoms with van der Waals surface area (Å²) in [5.41, 5.74) is -2.81. The summed E-state index contributed by atoms with van der Waals surface area (Å²) in [7, 11) is 0. The van der Waals surface area contributed by atoms with Crippen LogP contribution in [0, 0.1) is 5.82 Å². The molecule has 3 aliphatic rings. The van der Waals surface area contributed by atoms with Crippen LogP contribution in [0.1, 0.15) is 44.6 Å². The van der Waals surface area contributed by atoms with Crippen LogP contribution in [0.25, 0.3) is 0 Å². The smallest absolute Gasteiger partial charge is 0.328 e. The predicted molar refractivity (Wildman–Crippen MR) is 104 cm³/mol. The van der Waals surface area contributed by atoms with Gasteiger partial charge < -0.3 is 15.3 Å². The Morgan fingerprint density at radius 3 is 2.61 bits per heavy atom. The van der Waals surface area contributed by atoms with Gasteiger partial charge in [-0.3, -0.25) is 28.8 Å². The van der Waals surface area contributed by atoms with Gasteiger partial charge in [-0.2, -0.15) is 4.39 Å². The molecule has 0 unspecified atom stereocenters. The van der Waals surface area contributed by atoms with Crippen LogP contribution >= 0.6 is 0 Å². The van der Waals surface area contributed by atoms with Crippen molar-refractivity contribution in [3.8, 4) is 0 Å². The van der Waals surface area contributed by atoms with Crippen LogP contribution in [0.5, 0.6) is 0 Å². The number of aliphatic hydroxyl groups is 1. The van der Waals surface area contributed by atoms with E-state index in [0.29, 0.717) is 12.8 Å². The van der Waals surface area contributed by atoms with Crippen molar-refractivity contribution in [1.29, 1.82) is 0 Å². The van der Waals surface area contributed by atoms with Crippen molar-refractivity contribution in [2.24, 2.45) is 0 Å². The minimum absolute atomic E-state index is 0.0301. The van der Waals surface area contributed by atoms with E-state index in [-0.39, 0.29) is 44.3 Å². The molecule has 0 radical (unpaired) electrons. The molecule has 1 aromatic rings. The van der Waals surface area contributed by atoms with Crippen LogP contribution in [-0.4, -0.2) is 73.6 Å². The molecule has 1 aliphatic carbocycles. The summed E-state index contributed by atoms with van der Waals surface area (Å²) in [6.45, 7) is 0.0309. The number of imide groups is 1. The highest BCUT2D eigenvalue weighted by Gasteiger charge is 2.52. The quantitative estimate of drug-likeness (QED) is 0.508. The van der Waals surface area contributed by atoms with Gasteiger partial charge in [-0.15, -0.1) is 0 Å². The maximum absolute atomic E-state index is 13.6. The summed E-state index contributed by atoms with van der Waals surface area (Å²) in [5, 5.41) is 13.0. The summed E-state index contributed by atoms with van der Waals surface area (Å²) >= 11 is 0. The highest BCUT2D eigenvalue weighted by molar-refractivity contribution is 6.07. The number of hydrogen-bond acceptors (Lipinski definition) is 6. The summed E-state index contributed by atoms with van der Waals surface area (Å²) in [6, 6.07) is -1.33. The number of β-amino-alcohol motifs (C(OH)–C–C–N with tert-alkyl or cyclic N) is 1. The number of rotatable bonds is 5. The fourth-order valence-electron chi connectivity index (χ4n) is 4.70. The molecular formula is C19H24FN5O6. The summed E-state index contributed by atoms with van der Waals surface area (Å²) in [5.74, 6) is -1.72. The van der Waals surface area contributed by atoms with Crippen molar-refractivity contribution in [2.75, 3.05) is 19.6 Å². The molecule has 11 nitrogen and oxygen atoms in total. The first-order valence-electron chi connectivity index (χ1n) is 10.3. The molecule has 12 heteroatoms. The second kappa shape index (κ2) is 7.91. The molecule has 2 aliphatic heterocycles. The lowest BCUT2D eigenvalue weighted by Gasteiger charge is -2.20. The van der Waals surface area contributed by atoms with Gasteiger partial charge in [0.1, 0.15) is 5.54 Å². The topological polar surface area (TPSA) is 145 Å². The van der Waals surface area contributed by atoms with E-state index < -0.39 is 40.8 Å². The van der Waals surface area contributed by atoms with E-state index in [1.807, 2.05) is 4.98 Å². The lowest BCUT2D eigenvalue weighted by Crippen LogP contribution is -2.44. The van der Waals surface area contributed by atoms with Crippen LogP contribution in [0.15, 0.2) is 15.8 Å². The number of aliphatic hydroxyl groups excluding tert-OH is 1. The molecule has 0 bridgehead atoms. The molecule has 1 spiro atoms. The van der Waals surface area contributed by atoms with Crippen molar-refractivity contribution in [2.45, 2.75) is 56.2 Å². The van der Waals surface area contributed by atoms with E-state index in [4.69, 9.17) is 0 Å². The van der Waals surface area contributed by atoms with E-state index in [9.17, 15) is 33.5 Å². The first kappa shape index (κ1) is 21.2. The highest BCUT2D eigenvalue weighted by atomic mass is 19.1. The third-order valence-corrected chi connectivity index (χ3v) is 6.37. The van der Waals surface area contributed by atoms with Gasteiger partial charge in [0, 0.05) is 26.1 Å². The SMILES string of the molecule is O=C(CCCN1C(=O)NC2(CCCC2)C1=O)N1C[C@@H](O)[C@H](n2cc(F)c(=O)[nH]c2=O)C1. The van der Waals surface area contributed by atoms with Crippen molar-refractivity contribution < 1.29 is 23.9 Å². The first-order valence-corrected chi connectivity index (χ1v) is 10.3. The highest BCUT2D eigenvalue weighted by Crippen LogP contribution is 2.35. The molecule has 2 saturated heterocycles. The number of halogens is 1. The molecule has 4 rings (SSSR count). The minimum Gasteiger partial charge on any atom is -0.389 e. The standard InChI is InChI=1S/C19H24FN5O6/c20-11-8-25(17(30)21-15(11)28)12-9-23(10-13(12)26)14(27)4-3-7-24-16(29)19(22-18(24)31)5-1-2-6-19/h8,12-13,26H,1-7,9-10H2,(H,22,31)(H,21,28,30)/t12-,13-/m1/s1. The van der Waals surface area contributed by atoms with Crippen LogP contribution in [0.2, 0.25) is 0 Å². The number of H-pyrrole nitrogens is 1. The number of aromatic nitrogens is 2. The van der Waals surface area contributed by atoms with Crippen molar-refractivity contribution in [3.05, 3.63) is 32.9 Å². The molecule has 0 aromatic carbocycles. The first-order chi connectivity index (χ1) is 14.7. The fourth-order valence-corrected chi connectivity index (χ4v) is 4.70. The zero-order valence-electron chi connectivity index (χ0n) is 16.8.